The molecule has 0 amide bonds. The van der Waals surface area contributed by atoms with Crippen molar-refractivity contribution in [3.8, 4) is 5.75 Å². The van der Waals surface area contributed by atoms with Crippen LogP contribution in [0.15, 0.2) is 24.3 Å². The van der Waals surface area contributed by atoms with Crippen molar-refractivity contribution in [3.05, 3.63) is 29.8 Å². The first kappa shape index (κ1) is 11.8. The second-order valence-corrected chi connectivity index (χ2v) is 3.63. The van der Waals surface area contributed by atoms with E-state index in [9.17, 15) is 0 Å². The predicted octanol–water partition coefficient (Wildman–Crippen LogP) is 1.85. The van der Waals surface area contributed by atoms with Crippen molar-refractivity contribution in [2.75, 3.05) is 14.2 Å². The van der Waals surface area contributed by atoms with Gasteiger partial charge in [-0.3, -0.25) is 0 Å². The lowest BCUT2D eigenvalue weighted by Crippen LogP contribution is -2.34. The largest absolute Gasteiger partial charge is 0.497 e. The number of ether oxygens (including phenoxy) is 1. The third-order valence-corrected chi connectivity index (χ3v) is 2.51. The van der Waals surface area contributed by atoms with E-state index in [-0.39, 0.29) is 6.04 Å². The fraction of sp³-hybridized carbons (Fsp3) is 0.364. The van der Waals surface area contributed by atoms with Crippen molar-refractivity contribution >= 4 is 17.3 Å². The molecular formula is C11H16N2OS. The zero-order chi connectivity index (χ0) is 11.3. The van der Waals surface area contributed by atoms with Gasteiger partial charge in [0.2, 0.25) is 0 Å². The van der Waals surface area contributed by atoms with Crippen LogP contribution in [0.1, 0.15) is 18.5 Å². The van der Waals surface area contributed by atoms with Crippen molar-refractivity contribution in [3.63, 3.8) is 0 Å². The third kappa shape index (κ3) is 3.40. The lowest BCUT2D eigenvalue weighted by Gasteiger charge is -2.16. The molecule has 0 bridgehead atoms. The van der Waals surface area contributed by atoms with Crippen LogP contribution in [0.3, 0.4) is 0 Å². The molecule has 1 atom stereocenters. The molecule has 0 aliphatic rings. The molecule has 0 aromatic heterocycles. The minimum atomic E-state index is 0.191. The third-order valence-electron chi connectivity index (χ3n) is 2.19. The quantitative estimate of drug-likeness (QED) is 0.768. The van der Waals surface area contributed by atoms with Gasteiger partial charge in [0.05, 0.1) is 13.2 Å². The summed E-state index contributed by atoms with van der Waals surface area (Å²) in [7, 11) is 3.46. The summed E-state index contributed by atoms with van der Waals surface area (Å²) in [6, 6.07) is 8.12. The Kier molecular flexibility index (Phi) is 4.37. The van der Waals surface area contributed by atoms with E-state index in [4.69, 9.17) is 17.0 Å². The summed E-state index contributed by atoms with van der Waals surface area (Å²) in [6.07, 6.45) is 0. The summed E-state index contributed by atoms with van der Waals surface area (Å²) >= 11 is 5.03. The fourth-order valence-corrected chi connectivity index (χ4v) is 1.42. The van der Waals surface area contributed by atoms with Crippen LogP contribution in [0, 0.1) is 0 Å². The molecule has 4 heteroatoms. The van der Waals surface area contributed by atoms with Crippen LogP contribution in [0.4, 0.5) is 0 Å². The zero-order valence-corrected chi connectivity index (χ0v) is 10.0. The maximum Gasteiger partial charge on any atom is 0.166 e. The SMILES string of the molecule is CNC(=S)N[C@H](C)c1ccc(OC)cc1. The summed E-state index contributed by atoms with van der Waals surface area (Å²) in [5.74, 6) is 0.863. The van der Waals surface area contributed by atoms with E-state index < -0.39 is 0 Å². The lowest BCUT2D eigenvalue weighted by molar-refractivity contribution is 0.414. The predicted molar refractivity (Wildman–Crippen MR) is 66.2 cm³/mol. The Morgan fingerprint density at radius 3 is 2.40 bits per heavy atom. The highest BCUT2D eigenvalue weighted by Crippen LogP contribution is 2.16. The molecule has 82 valence electrons. The van der Waals surface area contributed by atoms with Gasteiger partial charge in [-0.1, -0.05) is 12.1 Å². The first-order chi connectivity index (χ1) is 7.17. The number of nitrogens with one attached hydrogen (secondary N) is 2. The van der Waals surface area contributed by atoms with Gasteiger partial charge in [0.15, 0.2) is 5.11 Å². The number of rotatable bonds is 3. The second kappa shape index (κ2) is 5.56. The molecule has 0 spiro atoms. The number of hydrogen-bond acceptors (Lipinski definition) is 2. The Labute approximate surface area is 95.8 Å². The number of methoxy groups -OCH3 is 1. The van der Waals surface area contributed by atoms with Gasteiger partial charge in [0.1, 0.15) is 5.75 Å². The first-order valence-corrected chi connectivity index (χ1v) is 5.20. The number of thiocarbonyl (C=S) groups is 1. The highest BCUT2D eigenvalue weighted by atomic mass is 32.1. The van der Waals surface area contributed by atoms with Crippen molar-refractivity contribution in [1.82, 2.24) is 10.6 Å². The lowest BCUT2D eigenvalue weighted by atomic mass is 10.1. The molecule has 2 N–H and O–H groups in total. The summed E-state index contributed by atoms with van der Waals surface area (Å²) < 4.78 is 5.09. The van der Waals surface area contributed by atoms with E-state index in [1.165, 1.54) is 5.56 Å². The molecule has 15 heavy (non-hydrogen) atoms. The first-order valence-electron chi connectivity index (χ1n) is 4.79. The van der Waals surface area contributed by atoms with Gasteiger partial charge in [-0.05, 0) is 36.8 Å². The zero-order valence-electron chi connectivity index (χ0n) is 9.20. The minimum absolute atomic E-state index is 0.191. The molecule has 0 unspecified atom stereocenters. The van der Waals surface area contributed by atoms with Crippen LogP contribution >= 0.6 is 12.2 Å². The Bertz CT molecular complexity index is 324. The Balaban J connectivity index is 2.65. The van der Waals surface area contributed by atoms with Gasteiger partial charge in [-0.2, -0.15) is 0 Å². The van der Waals surface area contributed by atoms with E-state index >= 15 is 0 Å². The van der Waals surface area contributed by atoms with Crippen LogP contribution in [-0.4, -0.2) is 19.3 Å². The Hall–Kier alpha value is -1.29. The van der Waals surface area contributed by atoms with Crippen LogP contribution in [-0.2, 0) is 0 Å². The molecule has 0 saturated heterocycles. The van der Waals surface area contributed by atoms with E-state index in [0.29, 0.717) is 5.11 Å². The monoisotopic (exact) mass is 224 g/mol. The molecular weight excluding hydrogens is 208 g/mol. The van der Waals surface area contributed by atoms with E-state index in [2.05, 4.69) is 17.6 Å². The fourth-order valence-electron chi connectivity index (χ4n) is 1.24. The van der Waals surface area contributed by atoms with Crippen molar-refractivity contribution < 1.29 is 4.74 Å². The van der Waals surface area contributed by atoms with Crippen molar-refractivity contribution in [2.45, 2.75) is 13.0 Å². The van der Waals surface area contributed by atoms with Crippen LogP contribution in [0.25, 0.3) is 0 Å². The molecule has 0 fully saturated rings. The standard InChI is InChI=1S/C11H16N2OS/c1-8(13-11(15)12-2)9-4-6-10(14-3)7-5-9/h4-8H,1-3H3,(H2,12,13,15)/t8-/m1/s1. The van der Waals surface area contributed by atoms with Crippen LogP contribution in [0.2, 0.25) is 0 Å². The summed E-state index contributed by atoms with van der Waals surface area (Å²) in [5.41, 5.74) is 1.17. The second-order valence-electron chi connectivity index (χ2n) is 3.22. The van der Waals surface area contributed by atoms with Gasteiger partial charge in [0, 0.05) is 7.05 Å². The van der Waals surface area contributed by atoms with Crippen molar-refractivity contribution in [1.29, 1.82) is 0 Å². The highest BCUT2D eigenvalue weighted by molar-refractivity contribution is 7.80. The summed E-state index contributed by atoms with van der Waals surface area (Å²) in [6.45, 7) is 2.06. The van der Waals surface area contributed by atoms with Gasteiger partial charge < -0.3 is 15.4 Å². The topological polar surface area (TPSA) is 33.3 Å². The smallest absolute Gasteiger partial charge is 0.166 e. The molecule has 0 radical (unpaired) electrons. The van der Waals surface area contributed by atoms with E-state index in [1.54, 1.807) is 14.2 Å². The molecule has 0 heterocycles. The molecule has 0 saturated carbocycles. The normalized spacial score (nSPS) is 11.7. The molecule has 0 aliphatic heterocycles. The molecule has 1 rings (SSSR count). The van der Waals surface area contributed by atoms with Gasteiger partial charge in [0.25, 0.3) is 0 Å². The average molecular weight is 224 g/mol. The van der Waals surface area contributed by atoms with E-state index in [1.807, 2.05) is 24.3 Å². The minimum Gasteiger partial charge on any atom is -0.497 e. The summed E-state index contributed by atoms with van der Waals surface area (Å²) in [5, 5.41) is 6.70. The highest BCUT2D eigenvalue weighted by Gasteiger charge is 2.05. The number of benzene rings is 1. The average Bonchev–Trinajstić information content (AvgIpc) is 2.29. The van der Waals surface area contributed by atoms with Gasteiger partial charge in [-0.25, -0.2) is 0 Å². The van der Waals surface area contributed by atoms with Crippen molar-refractivity contribution in [2.24, 2.45) is 0 Å². The molecule has 3 nitrogen and oxygen atoms in total. The van der Waals surface area contributed by atoms with Crippen LogP contribution < -0.4 is 15.4 Å². The maximum atomic E-state index is 5.09. The summed E-state index contributed by atoms with van der Waals surface area (Å²) in [4.78, 5) is 0. The number of hydrogen-bond donors (Lipinski definition) is 2. The molecule has 1 aromatic carbocycles. The van der Waals surface area contributed by atoms with Gasteiger partial charge >= 0.3 is 0 Å². The van der Waals surface area contributed by atoms with Crippen LogP contribution in [0.5, 0.6) is 5.75 Å². The molecule has 1 aromatic rings. The Morgan fingerprint density at radius 2 is 1.93 bits per heavy atom. The maximum absolute atomic E-state index is 5.09. The Morgan fingerprint density at radius 1 is 1.33 bits per heavy atom. The van der Waals surface area contributed by atoms with Gasteiger partial charge in [-0.15, -0.1) is 0 Å². The molecule has 0 aliphatic carbocycles. The van der Waals surface area contributed by atoms with E-state index in [0.717, 1.165) is 5.75 Å².